The van der Waals surface area contributed by atoms with Crippen molar-refractivity contribution < 1.29 is 9.47 Å². The van der Waals surface area contributed by atoms with Crippen molar-refractivity contribution in [1.82, 2.24) is 15.5 Å². The molecule has 0 saturated carbocycles. The van der Waals surface area contributed by atoms with E-state index in [1.165, 1.54) is 37.1 Å². The predicted molar refractivity (Wildman–Crippen MR) is 106 cm³/mol. The zero-order valence-corrected chi connectivity index (χ0v) is 16.3. The molecule has 0 unspecified atom stereocenters. The average molecular weight is 363 g/mol. The van der Waals surface area contributed by atoms with E-state index < -0.39 is 0 Å². The molecular weight excluding hydrogens is 328 g/mol. The third kappa shape index (κ3) is 8.17. The summed E-state index contributed by atoms with van der Waals surface area (Å²) in [5.74, 6) is 0.822. The lowest BCUT2D eigenvalue weighted by molar-refractivity contribution is 0.0698. The molecule has 2 N–H and O–H groups in total. The second kappa shape index (κ2) is 12.7. The summed E-state index contributed by atoms with van der Waals surface area (Å²) < 4.78 is 10.4. The van der Waals surface area contributed by atoms with Crippen molar-refractivity contribution in [2.45, 2.75) is 32.4 Å². The van der Waals surface area contributed by atoms with Gasteiger partial charge in [0.15, 0.2) is 5.96 Å². The fourth-order valence-corrected chi connectivity index (χ4v) is 2.99. The topological polar surface area (TPSA) is 58.1 Å². The van der Waals surface area contributed by atoms with Crippen LogP contribution in [0.3, 0.4) is 0 Å². The molecule has 6 heteroatoms. The third-order valence-electron chi connectivity index (χ3n) is 4.50. The first-order valence-corrected chi connectivity index (χ1v) is 9.63. The fraction of sp³-hybridized carbons (Fsp3) is 0.650. The summed E-state index contributed by atoms with van der Waals surface area (Å²) >= 11 is 0. The zero-order valence-electron chi connectivity index (χ0n) is 16.3. The maximum Gasteiger partial charge on any atom is 0.191 e. The van der Waals surface area contributed by atoms with Gasteiger partial charge in [0.1, 0.15) is 0 Å². The summed E-state index contributed by atoms with van der Waals surface area (Å²) in [4.78, 5) is 6.79. The normalized spacial score (nSPS) is 15.4. The Labute approximate surface area is 158 Å². The number of methoxy groups -OCH3 is 1. The van der Waals surface area contributed by atoms with E-state index in [4.69, 9.17) is 9.47 Å². The second-order valence-electron chi connectivity index (χ2n) is 6.61. The van der Waals surface area contributed by atoms with Gasteiger partial charge in [-0.15, -0.1) is 0 Å². The van der Waals surface area contributed by atoms with E-state index >= 15 is 0 Å². The largest absolute Gasteiger partial charge is 0.382 e. The molecular formula is C20H34N4O2. The standard InChI is InChI=1S/C20H34N4O2/c1-21-20(22-10-5-13-26-15-14-25-2)23-16-18-6-8-19(9-7-18)17-24-11-3-4-12-24/h6-9H,3-5,10-17H2,1-2H3,(H2,21,22,23). The molecule has 1 aliphatic heterocycles. The molecule has 1 saturated heterocycles. The van der Waals surface area contributed by atoms with Gasteiger partial charge in [-0.3, -0.25) is 9.89 Å². The lowest BCUT2D eigenvalue weighted by Crippen LogP contribution is -2.37. The van der Waals surface area contributed by atoms with Gasteiger partial charge in [0, 0.05) is 40.4 Å². The molecule has 6 nitrogen and oxygen atoms in total. The molecule has 1 heterocycles. The molecule has 0 atom stereocenters. The molecule has 1 aromatic rings. The summed E-state index contributed by atoms with van der Waals surface area (Å²) in [6, 6.07) is 8.89. The van der Waals surface area contributed by atoms with Gasteiger partial charge in [0.25, 0.3) is 0 Å². The van der Waals surface area contributed by atoms with Crippen LogP contribution in [0, 0.1) is 0 Å². The summed E-state index contributed by atoms with van der Waals surface area (Å²) in [5, 5.41) is 6.67. The number of ether oxygens (including phenoxy) is 2. The van der Waals surface area contributed by atoms with E-state index in [2.05, 4.69) is 44.8 Å². The van der Waals surface area contributed by atoms with Gasteiger partial charge in [-0.1, -0.05) is 24.3 Å². The van der Waals surface area contributed by atoms with Crippen molar-refractivity contribution in [3.05, 3.63) is 35.4 Å². The maximum absolute atomic E-state index is 5.45. The Balaban J connectivity index is 1.61. The van der Waals surface area contributed by atoms with Crippen molar-refractivity contribution in [3.63, 3.8) is 0 Å². The first kappa shape index (κ1) is 20.7. The minimum atomic E-state index is 0.646. The van der Waals surface area contributed by atoms with Crippen molar-refractivity contribution >= 4 is 5.96 Å². The molecule has 2 rings (SSSR count). The van der Waals surface area contributed by atoms with Crippen molar-refractivity contribution in [2.75, 3.05) is 53.6 Å². The second-order valence-corrected chi connectivity index (χ2v) is 6.61. The van der Waals surface area contributed by atoms with Crippen LogP contribution in [-0.2, 0) is 22.6 Å². The molecule has 0 radical (unpaired) electrons. The van der Waals surface area contributed by atoms with E-state index in [-0.39, 0.29) is 0 Å². The third-order valence-corrected chi connectivity index (χ3v) is 4.50. The highest BCUT2D eigenvalue weighted by atomic mass is 16.5. The SMILES string of the molecule is CN=C(NCCCOCCOC)NCc1ccc(CN2CCCC2)cc1. The highest BCUT2D eigenvalue weighted by Gasteiger charge is 2.11. The highest BCUT2D eigenvalue weighted by molar-refractivity contribution is 5.79. The number of nitrogens with zero attached hydrogens (tertiary/aromatic N) is 2. The minimum Gasteiger partial charge on any atom is -0.382 e. The van der Waals surface area contributed by atoms with Crippen LogP contribution in [0.2, 0.25) is 0 Å². The molecule has 0 aromatic heterocycles. The number of nitrogens with one attached hydrogen (secondary N) is 2. The summed E-state index contributed by atoms with van der Waals surface area (Å²) in [6.07, 6.45) is 3.62. The summed E-state index contributed by atoms with van der Waals surface area (Å²) in [7, 11) is 3.48. The number of guanidine groups is 1. The van der Waals surface area contributed by atoms with E-state index in [9.17, 15) is 0 Å². The van der Waals surface area contributed by atoms with Gasteiger partial charge in [0.05, 0.1) is 13.2 Å². The van der Waals surface area contributed by atoms with Gasteiger partial charge in [-0.25, -0.2) is 0 Å². The van der Waals surface area contributed by atoms with Crippen molar-refractivity contribution in [1.29, 1.82) is 0 Å². The van der Waals surface area contributed by atoms with Gasteiger partial charge >= 0.3 is 0 Å². The Bertz CT molecular complexity index is 513. The fourth-order valence-electron chi connectivity index (χ4n) is 2.99. The van der Waals surface area contributed by atoms with Crippen molar-refractivity contribution in [3.8, 4) is 0 Å². The molecule has 1 aliphatic rings. The van der Waals surface area contributed by atoms with Crippen molar-refractivity contribution in [2.24, 2.45) is 4.99 Å². The highest BCUT2D eigenvalue weighted by Crippen LogP contribution is 2.13. The number of aliphatic imine (C=N–C) groups is 1. The van der Waals surface area contributed by atoms with Gasteiger partial charge in [0.2, 0.25) is 0 Å². The minimum absolute atomic E-state index is 0.646. The molecule has 26 heavy (non-hydrogen) atoms. The van der Waals surface area contributed by atoms with Crippen LogP contribution in [-0.4, -0.2) is 64.5 Å². The van der Waals surface area contributed by atoms with E-state index in [1.807, 2.05) is 0 Å². The van der Waals surface area contributed by atoms with Gasteiger partial charge < -0.3 is 20.1 Å². The smallest absolute Gasteiger partial charge is 0.191 e. The van der Waals surface area contributed by atoms with Crippen LogP contribution >= 0.6 is 0 Å². The molecule has 1 fully saturated rings. The molecule has 0 spiro atoms. The molecule has 0 bridgehead atoms. The number of hydrogen-bond acceptors (Lipinski definition) is 4. The lowest BCUT2D eigenvalue weighted by Gasteiger charge is -2.15. The Morgan fingerprint density at radius 3 is 2.46 bits per heavy atom. The molecule has 146 valence electrons. The monoisotopic (exact) mass is 362 g/mol. The molecule has 0 amide bonds. The quantitative estimate of drug-likeness (QED) is 0.358. The van der Waals surface area contributed by atoms with Crippen LogP contribution in [0.4, 0.5) is 0 Å². The van der Waals surface area contributed by atoms with Gasteiger partial charge in [-0.05, 0) is 43.5 Å². The summed E-state index contributed by atoms with van der Waals surface area (Å²) in [6.45, 7) is 7.18. The Hall–Kier alpha value is -1.63. The predicted octanol–water partition coefficient (Wildman–Crippen LogP) is 2.00. The van der Waals surface area contributed by atoms with Crippen LogP contribution in [0.5, 0.6) is 0 Å². The van der Waals surface area contributed by atoms with E-state index in [0.29, 0.717) is 13.2 Å². The Morgan fingerprint density at radius 1 is 1.04 bits per heavy atom. The lowest BCUT2D eigenvalue weighted by atomic mass is 10.1. The zero-order chi connectivity index (χ0) is 18.5. The van der Waals surface area contributed by atoms with E-state index in [1.54, 1.807) is 14.2 Å². The number of hydrogen-bond donors (Lipinski definition) is 2. The van der Waals surface area contributed by atoms with Gasteiger partial charge in [-0.2, -0.15) is 0 Å². The van der Waals surface area contributed by atoms with Crippen LogP contribution in [0.1, 0.15) is 30.4 Å². The number of rotatable bonds is 11. The maximum atomic E-state index is 5.45. The van der Waals surface area contributed by atoms with Crippen LogP contribution in [0.15, 0.2) is 29.3 Å². The number of benzene rings is 1. The average Bonchev–Trinajstić information content (AvgIpc) is 3.17. The first-order chi connectivity index (χ1) is 12.8. The van der Waals surface area contributed by atoms with E-state index in [0.717, 1.165) is 38.6 Å². The Morgan fingerprint density at radius 2 is 1.77 bits per heavy atom. The van der Waals surface area contributed by atoms with Crippen LogP contribution in [0.25, 0.3) is 0 Å². The molecule has 1 aromatic carbocycles. The number of likely N-dealkylation sites (tertiary alicyclic amines) is 1. The molecule has 0 aliphatic carbocycles. The summed E-state index contributed by atoms with van der Waals surface area (Å²) in [5.41, 5.74) is 2.66. The van der Waals surface area contributed by atoms with Crippen LogP contribution < -0.4 is 10.6 Å². The first-order valence-electron chi connectivity index (χ1n) is 9.63. The Kier molecular flexibility index (Phi) is 10.1.